The highest BCUT2D eigenvalue weighted by Crippen LogP contribution is 2.36. The lowest BCUT2D eigenvalue weighted by atomic mass is 9.99. The van der Waals surface area contributed by atoms with Crippen LogP contribution in [0.15, 0.2) is 24.3 Å². The van der Waals surface area contributed by atoms with Gasteiger partial charge < -0.3 is 64.5 Å². The molecule has 202 valence electrons. The quantitative estimate of drug-likeness (QED) is 0.118. The molecule has 0 aliphatic carbocycles. The highest BCUT2D eigenvalue weighted by Gasteiger charge is 2.58. The minimum absolute atomic E-state index is 0.0851. The highest BCUT2D eigenvalue weighted by molar-refractivity contribution is 5.87. The van der Waals surface area contributed by atoms with E-state index in [9.17, 15) is 45.6 Å². The number of rotatable bonds is 9. The maximum Gasteiger partial charge on any atom is 0.330 e. The van der Waals surface area contributed by atoms with Gasteiger partial charge in [-0.1, -0.05) is 6.07 Å². The van der Waals surface area contributed by atoms with Crippen LogP contribution in [0.25, 0.3) is 6.08 Å². The normalized spacial score (nSPS) is 36.8. The highest BCUT2D eigenvalue weighted by atomic mass is 16.8. The fraction of sp³-hybridized carbons (Fsp3) is 0.591. The molecule has 1 aromatic rings. The first-order valence-electron chi connectivity index (χ1n) is 10.9. The average molecular weight is 518 g/mol. The predicted molar refractivity (Wildman–Crippen MR) is 116 cm³/mol. The number of phenols is 1. The van der Waals surface area contributed by atoms with E-state index in [1.807, 2.05) is 0 Å². The van der Waals surface area contributed by atoms with Crippen LogP contribution in [-0.2, 0) is 23.7 Å². The first-order chi connectivity index (χ1) is 17.1. The van der Waals surface area contributed by atoms with Crippen molar-refractivity contribution in [1.82, 2.24) is 0 Å². The number of benzene rings is 1. The largest absolute Gasteiger partial charge is 0.504 e. The summed E-state index contributed by atoms with van der Waals surface area (Å²) in [5.41, 5.74) is 0.510. The third-order valence-corrected chi connectivity index (χ3v) is 5.90. The average Bonchev–Trinajstić information content (AvgIpc) is 3.12. The van der Waals surface area contributed by atoms with Crippen molar-refractivity contribution in [1.29, 1.82) is 0 Å². The van der Waals surface area contributed by atoms with Gasteiger partial charge in [0.25, 0.3) is 0 Å². The lowest BCUT2D eigenvalue weighted by Crippen LogP contribution is -2.62. The number of ether oxygens (including phenoxy) is 5. The minimum Gasteiger partial charge on any atom is -0.504 e. The van der Waals surface area contributed by atoms with E-state index in [1.54, 1.807) is 0 Å². The summed E-state index contributed by atoms with van der Waals surface area (Å²) in [4.78, 5) is 12.1. The van der Waals surface area contributed by atoms with Crippen LogP contribution in [0.4, 0.5) is 0 Å². The topological polar surface area (TPSA) is 225 Å². The van der Waals surface area contributed by atoms with Gasteiger partial charge in [-0.05, 0) is 23.8 Å². The summed E-state index contributed by atoms with van der Waals surface area (Å²) in [6, 6.07) is 4.36. The summed E-state index contributed by atoms with van der Waals surface area (Å²) < 4.78 is 26.0. The number of esters is 1. The maximum atomic E-state index is 12.1. The Labute approximate surface area is 205 Å². The first kappa shape index (κ1) is 28.2. The number of aliphatic hydroxyl groups excluding tert-OH is 7. The Morgan fingerprint density at radius 1 is 1.06 bits per heavy atom. The second-order valence-electron chi connectivity index (χ2n) is 8.27. The van der Waals surface area contributed by atoms with Gasteiger partial charge in [0, 0.05) is 6.08 Å². The van der Waals surface area contributed by atoms with Gasteiger partial charge in [-0.25, -0.2) is 4.79 Å². The van der Waals surface area contributed by atoms with Crippen LogP contribution in [0, 0.1) is 0 Å². The van der Waals surface area contributed by atoms with Gasteiger partial charge in [-0.3, -0.25) is 0 Å². The lowest BCUT2D eigenvalue weighted by molar-refractivity contribution is -0.383. The smallest absolute Gasteiger partial charge is 0.330 e. The van der Waals surface area contributed by atoms with Crippen molar-refractivity contribution in [2.75, 3.05) is 26.9 Å². The number of methoxy groups -OCH3 is 1. The summed E-state index contributed by atoms with van der Waals surface area (Å²) >= 11 is 0. The number of hydrogen-bond donors (Lipinski definition) is 8. The van der Waals surface area contributed by atoms with Gasteiger partial charge in [0.1, 0.15) is 55.9 Å². The molecular weight excluding hydrogens is 488 g/mol. The molecule has 1 aromatic carbocycles. The molecule has 0 radical (unpaired) electrons. The summed E-state index contributed by atoms with van der Waals surface area (Å²) in [6.45, 7) is -2.34. The summed E-state index contributed by atoms with van der Waals surface area (Å²) in [7, 11) is 1.36. The molecule has 9 atom stereocenters. The fourth-order valence-corrected chi connectivity index (χ4v) is 3.79. The fourth-order valence-electron chi connectivity index (χ4n) is 3.79. The Bertz CT molecular complexity index is 924. The molecule has 0 unspecified atom stereocenters. The molecule has 14 heteroatoms. The Morgan fingerprint density at radius 3 is 2.39 bits per heavy atom. The summed E-state index contributed by atoms with van der Waals surface area (Å²) in [5, 5.41) is 79.6. The predicted octanol–water partition coefficient (Wildman–Crippen LogP) is -3.42. The van der Waals surface area contributed by atoms with E-state index in [2.05, 4.69) is 0 Å². The maximum absolute atomic E-state index is 12.1. The van der Waals surface area contributed by atoms with E-state index in [1.165, 1.54) is 31.4 Å². The lowest BCUT2D eigenvalue weighted by Gasteiger charge is -2.43. The zero-order valence-corrected chi connectivity index (χ0v) is 19.2. The zero-order valence-electron chi connectivity index (χ0n) is 19.2. The molecule has 2 fully saturated rings. The van der Waals surface area contributed by atoms with Crippen molar-refractivity contribution in [2.45, 2.75) is 54.8 Å². The number of aliphatic hydroxyl groups is 7. The molecule has 0 spiro atoms. The van der Waals surface area contributed by atoms with Crippen molar-refractivity contribution in [3.05, 3.63) is 29.8 Å². The molecule has 8 N–H and O–H groups in total. The third kappa shape index (κ3) is 5.78. The second-order valence-corrected chi connectivity index (χ2v) is 8.27. The van der Waals surface area contributed by atoms with E-state index in [0.29, 0.717) is 5.56 Å². The minimum atomic E-state index is -2.32. The molecule has 0 aromatic heterocycles. The molecule has 14 nitrogen and oxygen atoms in total. The number of carbonyl (C=O) groups is 1. The van der Waals surface area contributed by atoms with Crippen molar-refractivity contribution < 1.29 is 69.3 Å². The van der Waals surface area contributed by atoms with Gasteiger partial charge in [0.05, 0.1) is 13.7 Å². The molecule has 0 saturated carbocycles. The van der Waals surface area contributed by atoms with E-state index in [0.717, 1.165) is 6.08 Å². The van der Waals surface area contributed by atoms with Crippen LogP contribution < -0.4 is 4.74 Å². The van der Waals surface area contributed by atoms with Crippen LogP contribution >= 0.6 is 0 Å². The van der Waals surface area contributed by atoms with Crippen molar-refractivity contribution >= 4 is 12.0 Å². The monoisotopic (exact) mass is 518 g/mol. The van der Waals surface area contributed by atoms with Crippen LogP contribution in [-0.4, -0.2) is 129 Å². The molecule has 2 heterocycles. The molecule has 3 rings (SSSR count). The standard InChI is InChI=1S/C22H30O14/c1-32-12-6-10(2-4-11(12)25)3-5-15(26)33-8-14-16(27)18(29)19(30)21(34-14)36-22(9-24)20(31)17(28)13(7-23)35-22/h2-6,13-14,16-21,23-25,27-31H,7-9H2,1H3/t13-,14+,16+,17-,18-,19+,20+,21+,22+/m0/s1. The van der Waals surface area contributed by atoms with Crippen LogP contribution in [0.2, 0.25) is 0 Å². The molecule has 2 aliphatic heterocycles. The van der Waals surface area contributed by atoms with Gasteiger partial charge >= 0.3 is 5.97 Å². The molecule has 2 saturated heterocycles. The van der Waals surface area contributed by atoms with E-state index >= 15 is 0 Å². The number of hydrogen-bond acceptors (Lipinski definition) is 14. The van der Waals surface area contributed by atoms with Crippen LogP contribution in [0.5, 0.6) is 11.5 Å². The van der Waals surface area contributed by atoms with E-state index in [4.69, 9.17) is 23.7 Å². The molecule has 36 heavy (non-hydrogen) atoms. The van der Waals surface area contributed by atoms with Gasteiger partial charge in [0.15, 0.2) is 17.8 Å². The second kappa shape index (κ2) is 11.8. The summed E-state index contributed by atoms with van der Waals surface area (Å²) in [6.07, 6.45) is -11.1. The molecule has 0 amide bonds. The SMILES string of the molecule is COc1cc(C=CC(=O)OC[C@H]2O[C@H](O[C@@]3(CO)O[C@@H](CO)[C@H](O)[C@H]3O)[C@H](O)[C@@H](O)[C@@H]2O)ccc1O. The molecule has 0 bridgehead atoms. The molecular formula is C22H30O14. The van der Waals surface area contributed by atoms with Gasteiger partial charge in [-0.2, -0.15) is 0 Å². The Balaban J connectivity index is 1.64. The Hall–Kier alpha value is -2.37. The Morgan fingerprint density at radius 2 is 1.78 bits per heavy atom. The first-order valence-corrected chi connectivity index (χ1v) is 10.9. The summed E-state index contributed by atoms with van der Waals surface area (Å²) in [5.74, 6) is -3.07. The number of aromatic hydroxyl groups is 1. The van der Waals surface area contributed by atoms with Crippen LogP contribution in [0.1, 0.15) is 5.56 Å². The van der Waals surface area contributed by atoms with E-state index < -0.39 is 80.6 Å². The van der Waals surface area contributed by atoms with Gasteiger partial charge in [-0.15, -0.1) is 0 Å². The number of carbonyl (C=O) groups excluding carboxylic acids is 1. The number of phenolic OH excluding ortho intramolecular Hbond substituents is 1. The van der Waals surface area contributed by atoms with Gasteiger partial charge in [0.2, 0.25) is 5.79 Å². The Kier molecular flexibility index (Phi) is 9.23. The molecule has 2 aliphatic rings. The third-order valence-electron chi connectivity index (χ3n) is 5.90. The van der Waals surface area contributed by atoms with Crippen molar-refractivity contribution in [3.8, 4) is 11.5 Å². The zero-order chi connectivity index (χ0) is 26.6. The van der Waals surface area contributed by atoms with Crippen molar-refractivity contribution in [2.24, 2.45) is 0 Å². The van der Waals surface area contributed by atoms with E-state index in [-0.39, 0.29) is 11.5 Å². The van der Waals surface area contributed by atoms with Crippen LogP contribution in [0.3, 0.4) is 0 Å². The van der Waals surface area contributed by atoms with Crippen molar-refractivity contribution in [3.63, 3.8) is 0 Å².